The van der Waals surface area contributed by atoms with Crippen LogP contribution in [0.3, 0.4) is 0 Å². The lowest BCUT2D eigenvalue weighted by molar-refractivity contribution is -0.384. The number of rotatable bonds is 5. The van der Waals surface area contributed by atoms with Gasteiger partial charge in [-0.2, -0.15) is 5.26 Å². The number of aryl methyl sites for hydroxylation is 1. The smallest absolute Gasteiger partial charge is 0.258 e. The van der Waals surface area contributed by atoms with E-state index in [1.54, 1.807) is 36.4 Å². The van der Waals surface area contributed by atoms with Crippen LogP contribution in [0.1, 0.15) is 22.6 Å². The highest BCUT2D eigenvalue weighted by Gasteiger charge is 2.21. The first-order valence-corrected chi connectivity index (χ1v) is 9.37. The molecule has 0 amide bonds. The third-order valence-electron chi connectivity index (χ3n) is 4.23. The molecule has 0 aromatic heterocycles. The van der Waals surface area contributed by atoms with Crippen molar-refractivity contribution in [3.05, 3.63) is 99.6 Å². The largest absolute Gasteiger partial charge is 0.269 e. The molecule has 27 heavy (non-hydrogen) atoms. The molecule has 6 heteroatoms. The van der Waals surface area contributed by atoms with Gasteiger partial charge in [-0.1, -0.05) is 48.0 Å². The van der Waals surface area contributed by atoms with Gasteiger partial charge in [0.25, 0.3) is 5.69 Å². The van der Waals surface area contributed by atoms with E-state index in [1.807, 2.05) is 31.2 Å². The molecule has 5 nitrogen and oxygen atoms in total. The van der Waals surface area contributed by atoms with Gasteiger partial charge in [0.2, 0.25) is 0 Å². The summed E-state index contributed by atoms with van der Waals surface area (Å²) in [5.74, 6) is -0.670. The van der Waals surface area contributed by atoms with E-state index in [4.69, 9.17) is 0 Å². The van der Waals surface area contributed by atoms with Crippen molar-refractivity contribution in [2.45, 2.75) is 22.6 Å². The van der Waals surface area contributed by atoms with Gasteiger partial charge in [-0.3, -0.25) is 10.1 Å². The summed E-state index contributed by atoms with van der Waals surface area (Å²) in [5, 5.41) is 20.6. The Morgan fingerprint density at radius 1 is 1.00 bits per heavy atom. The summed E-state index contributed by atoms with van der Waals surface area (Å²) in [6.07, 6.45) is 0. The highest BCUT2D eigenvalue weighted by Crippen LogP contribution is 2.31. The first kappa shape index (κ1) is 18.5. The van der Waals surface area contributed by atoms with Gasteiger partial charge in [-0.15, -0.1) is 0 Å². The van der Waals surface area contributed by atoms with Gasteiger partial charge in [0, 0.05) is 21.9 Å². The fraction of sp³-hybridized carbons (Fsp3) is 0.0952. The zero-order valence-corrected chi connectivity index (χ0v) is 15.3. The van der Waals surface area contributed by atoms with E-state index in [0.29, 0.717) is 20.9 Å². The Bertz CT molecular complexity index is 1040. The number of nitro benzene ring substituents is 1. The zero-order chi connectivity index (χ0) is 19.4. The Morgan fingerprint density at radius 2 is 1.63 bits per heavy atom. The van der Waals surface area contributed by atoms with E-state index < -0.39 is 21.6 Å². The van der Waals surface area contributed by atoms with Crippen molar-refractivity contribution in [1.29, 1.82) is 5.26 Å². The van der Waals surface area contributed by atoms with E-state index in [1.165, 1.54) is 12.1 Å². The van der Waals surface area contributed by atoms with E-state index in [-0.39, 0.29) is 5.69 Å². The van der Waals surface area contributed by atoms with Crippen LogP contribution in [0.2, 0.25) is 0 Å². The molecule has 3 aromatic carbocycles. The molecule has 2 atom stereocenters. The molecule has 0 aliphatic heterocycles. The number of nitrogens with zero attached hydrogens (tertiary/aromatic N) is 2. The van der Waals surface area contributed by atoms with Crippen LogP contribution in [-0.4, -0.2) is 9.13 Å². The number of hydrogen-bond donors (Lipinski definition) is 0. The van der Waals surface area contributed by atoms with Gasteiger partial charge in [0.15, 0.2) is 0 Å². The molecule has 0 aliphatic carbocycles. The quantitative estimate of drug-likeness (QED) is 0.476. The predicted molar refractivity (Wildman–Crippen MR) is 103 cm³/mol. The van der Waals surface area contributed by atoms with Gasteiger partial charge < -0.3 is 0 Å². The molecular formula is C21H16N2O3S. The molecule has 0 spiro atoms. The van der Waals surface area contributed by atoms with Crippen molar-refractivity contribution in [2.24, 2.45) is 0 Å². The first-order valence-electron chi connectivity index (χ1n) is 8.22. The Hall–Kier alpha value is -3.30. The summed E-state index contributed by atoms with van der Waals surface area (Å²) < 4.78 is 13.1. The van der Waals surface area contributed by atoms with Crippen molar-refractivity contribution in [3.8, 4) is 6.07 Å². The van der Waals surface area contributed by atoms with Gasteiger partial charge in [-0.25, -0.2) is 4.21 Å². The van der Waals surface area contributed by atoms with Crippen molar-refractivity contribution in [1.82, 2.24) is 0 Å². The summed E-state index contributed by atoms with van der Waals surface area (Å²) in [4.78, 5) is 11.6. The second-order valence-electron chi connectivity index (χ2n) is 6.03. The Labute approximate surface area is 159 Å². The molecular weight excluding hydrogens is 360 g/mol. The molecule has 3 aromatic rings. The topological polar surface area (TPSA) is 84.0 Å². The fourth-order valence-electron chi connectivity index (χ4n) is 2.79. The van der Waals surface area contributed by atoms with Crippen LogP contribution < -0.4 is 0 Å². The first-order chi connectivity index (χ1) is 13.0. The highest BCUT2D eigenvalue weighted by atomic mass is 32.2. The van der Waals surface area contributed by atoms with Crippen molar-refractivity contribution in [3.63, 3.8) is 0 Å². The van der Waals surface area contributed by atoms with Crippen LogP contribution in [0.15, 0.2) is 82.6 Å². The molecule has 3 rings (SSSR count). The standard InChI is InChI=1S/C21H16N2O3S/c1-15-6-12-18(13-7-15)27(26)21-5-3-2-4-19(21)20(14-22)16-8-10-17(11-9-16)23(24)25/h2-13,20H,1H3/t20-,27?/m1/s1. The lowest BCUT2D eigenvalue weighted by Crippen LogP contribution is -2.05. The fourth-order valence-corrected chi connectivity index (χ4v) is 4.03. The molecule has 134 valence electrons. The molecule has 0 N–H and O–H groups in total. The van der Waals surface area contributed by atoms with Gasteiger partial charge in [0.05, 0.1) is 27.7 Å². The molecule has 0 saturated carbocycles. The SMILES string of the molecule is Cc1ccc(S(=O)c2ccccc2[C@H](C#N)c2ccc([N+](=O)[O-])cc2)cc1. The third-order valence-corrected chi connectivity index (χ3v) is 5.70. The van der Waals surface area contributed by atoms with E-state index in [2.05, 4.69) is 6.07 Å². The lowest BCUT2D eigenvalue weighted by atomic mass is 9.92. The Morgan fingerprint density at radius 3 is 2.22 bits per heavy atom. The Balaban J connectivity index is 2.03. The van der Waals surface area contributed by atoms with Gasteiger partial charge >= 0.3 is 0 Å². The molecule has 1 unspecified atom stereocenters. The summed E-state index contributed by atoms with van der Waals surface area (Å²) in [5.41, 5.74) is 2.29. The number of hydrogen-bond acceptors (Lipinski definition) is 4. The average molecular weight is 376 g/mol. The van der Waals surface area contributed by atoms with Gasteiger partial charge in [-0.05, 0) is 36.2 Å². The Kier molecular flexibility index (Phi) is 5.43. The molecule has 0 fully saturated rings. The summed E-state index contributed by atoms with van der Waals surface area (Å²) in [6.45, 7) is 1.96. The van der Waals surface area contributed by atoms with Crippen LogP contribution in [0.5, 0.6) is 0 Å². The number of nitro groups is 1. The maximum Gasteiger partial charge on any atom is 0.269 e. The van der Waals surface area contributed by atoms with Crippen LogP contribution >= 0.6 is 0 Å². The summed E-state index contributed by atoms with van der Waals surface area (Å²) in [7, 11) is -1.43. The normalized spacial score (nSPS) is 12.7. The van der Waals surface area contributed by atoms with Crippen LogP contribution in [-0.2, 0) is 10.8 Å². The van der Waals surface area contributed by atoms with Crippen LogP contribution in [0.25, 0.3) is 0 Å². The van der Waals surface area contributed by atoms with Crippen LogP contribution in [0.4, 0.5) is 5.69 Å². The average Bonchev–Trinajstić information content (AvgIpc) is 2.69. The molecule has 0 heterocycles. The number of nitriles is 1. The van der Waals surface area contributed by atoms with Crippen molar-refractivity contribution >= 4 is 16.5 Å². The van der Waals surface area contributed by atoms with Crippen molar-refractivity contribution < 1.29 is 9.13 Å². The minimum atomic E-state index is -1.43. The highest BCUT2D eigenvalue weighted by molar-refractivity contribution is 7.85. The number of non-ortho nitro benzene ring substituents is 1. The van der Waals surface area contributed by atoms with E-state index >= 15 is 0 Å². The van der Waals surface area contributed by atoms with Gasteiger partial charge in [0.1, 0.15) is 0 Å². The summed E-state index contributed by atoms with van der Waals surface area (Å²) >= 11 is 0. The minimum absolute atomic E-state index is 0.0352. The maximum absolute atomic E-state index is 13.1. The molecule has 0 bridgehead atoms. The van der Waals surface area contributed by atoms with Crippen molar-refractivity contribution in [2.75, 3.05) is 0 Å². The molecule has 0 aliphatic rings. The second-order valence-corrected chi connectivity index (χ2v) is 7.48. The minimum Gasteiger partial charge on any atom is -0.258 e. The van der Waals surface area contributed by atoms with E-state index in [9.17, 15) is 19.6 Å². The predicted octanol–water partition coefficient (Wildman–Crippen LogP) is 4.73. The molecule has 0 radical (unpaired) electrons. The molecule has 0 saturated heterocycles. The van der Waals surface area contributed by atoms with E-state index in [0.717, 1.165) is 5.56 Å². The second kappa shape index (κ2) is 7.94. The van der Waals surface area contributed by atoms with Crippen LogP contribution in [0, 0.1) is 28.4 Å². The third kappa shape index (κ3) is 3.94. The number of benzene rings is 3. The lowest BCUT2D eigenvalue weighted by Gasteiger charge is -2.15. The maximum atomic E-state index is 13.1. The monoisotopic (exact) mass is 376 g/mol. The summed E-state index contributed by atoms with van der Waals surface area (Å²) in [6, 6.07) is 22.6. The zero-order valence-electron chi connectivity index (χ0n) is 14.5.